The van der Waals surface area contributed by atoms with E-state index in [1.165, 1.54) is 0 Å². The van der Waals surface area contributed by atoms with Crippen molar-refractivity contribution in [2.45, 2.75) is 39.0 Å². The normalized spacial score (nSPS) is 12.0. The first-order valence-corrected chi connectivity index (χ1v) is 7.65. The average Bonchev–Trinajstić information content (AvgIpc) is 2.85. The van der Waals surface area contributed by atoms with Gasteiger partial charge in [-0.3, -0.25) is 0 Å². The van der Waals surface area contributed by atoms with Crippen molar-refractivity contribution in [3.05, 3.63) is 28.5 Å². The second kappa shape index (κ2) is 5.37. The summed E-state index contributed by atoms with van der Waals surface area (Å²) in [5, 5.41) is 7.48. The third kappa shape index (κ3) is 2.75. The van der Waals surface area contributed by atoms with Crippen LogP contribution in [-0.4, -0.2) is 25.3 Å². The van der Waals surface area contributed by atoms with Gasteiger partial charge in [0.25, 0.3) is 0 Å². The van der Waals surface area contributed by atoms with Gasteiger partial charge in [0.1, 0.15) is 16.3 Å². The van der Waals surface area contributed by atoms with E-state index in [1.54, 1.807) is 20.8 Å². The molecule has 0 unspecified atom stereocenters. The molecule has 0 radical (unpaired) electrons. The Balaban J connectivity index is 2.08. The van der Waals surface area contributed by atoms with Gasteiger partial charge >= 0.3 is 0 Å². The van der Waals surface area contributed by atoms with Crippen LogP contribution in [0.1, 0.15) is 28.5 Å². The third-order valence-electron chi connectivity index (χ3n) is 3.08. The molecule has 7 nitrogen and oxygen atoms in total. The summed E-state index contributed by atoms with van der Waals surface area (Å²) in [5.41, 5.74) is 2.05. The van der Waals surface area contributed by atoms with Crippen LogP contribution in [0.2, 0.25) is 0 Å². The van der Waals surface area contributed by atoms with E-state index in [0.29, 0.717) is 17.9 Å². The maximum atomic E-state index is 12.2. The van der Waals surface area contributed by atoms with Crippen molar-refractivity contribution in [2.24, 2.45) is 0 Å². The molecule has 20 heavy (non-hydrogen) atoms. The number of sulfonamides is 1. The zero-order valence-corrected chi connectivity index (χ0v) is 12.7. The average molecular weight is 299 g/mol. The van der Waals surface area contributed by atoms with Gasteiger partial charge in [-0.1, -0.05) is 10.3 Å². The predicted octanol–water partition coefficient (Wildman–Crippen LogP) is 1.42. The van der Waals surface area contributed by atoms with Crippen LogP contribution in [0.5, 0.6) is 0 Å². The molecule has 1 N–H and O–H groups in total. The smallest absolute Gasteiger partial charge is 0.245 e. The summed E-state index contributed by atoms with van der Waals surface area (Å²) < 4.78 is 36.8. The van der Waals surface area contributed by atoms with Crippen LogP contribution in [0.4, 0.5) is 0 Å². The van der Waals surface area contributed by atoms with E-state index in [-0.39, 0.29) is 17.2 Å². The second-order valence-corrected chi connectivity index (χ2v) is 6.31. The fraction of sp³-hybridized carbons (Fsp3) is 0.500. The summed E-state index contributed by atoms with van der Waals surface area (Å²) in [6.45, 7) is 7.06. The van der Waals surface area contributed by atoms with E-state index in [2.05, 4.69) is 15.0 Å². The minimum absolute atomic E-state index is 0.108. The Morgan fingerprint density at radius 3 is 2.10 bits per heavy atom. The summed E-state index contributed by atoms with van der Waals surface area (Å²) in [6.07, 6.45) is 0.518. The van der Waals surface area contributed by atoms with Crippen LogP contribution in [0, 0.1) is 27.7 Å². The van der Waals surface area contributed by atoms with Gasteiger partial charge in [-0.05, 0) is 34.1 Å². The van der Waals surface area contributed by atoms with Crippen LogP contribution in [0.25, 0.3) is 0 Å². The van der Waals surface area contributed by atoms with Crippen LogP contribution < -0.4 is 4.72 Å². The summed E-state index contributed by atoms with van der Waals surface area (Å²) in [7, 11) is -3.61. The lowest BCUT2D eigenvalue weighted by atomic mass is 10.1. The fourth-order valence-electron chi connectivity index (χ4n) is 2.10. The van der Waals surface area contributed by atoms with Crippen LogP contribution >= 0.6 is 0 Å². The van der Waals surface area contributed by atoms with Gasteiger partial charge in [0, 0.05) is 12.1 Å². The number of aryl methyl sites for hydroxylation is 4. The highest BCUT2D eigenvalue weighted by molar-refractivity contribution is 7.89. The number of hydrogen-bond donors (Lipinski definition) is 1. The first-order chi connectivity index (χ1) is 9.33. The lowest BCUT2D eigenvalue weighted by Gasteiger charge is -2.05. The minimum atomic E-state index is -3.61. The molecule has 0 bridgehead atoms. The number of hydrogen-bond acceptors (Lipinski definition) is 6. The molecular formula is C12H17N3O4S. The van der Waals surface area contributed by atoms with E-state index in [4.69, 9.17) is 9.05 Å². The Bertz CT molecular complexity index is 676. The van der Waals surface area contributed by atoms with Gasteiger partial charge < -0.3 is 9.05 Å². The predicted molar refractivity (Wildman–Crippen MR) is 70.8 cm³/mol. The standard InChI is InChI=1S/C12H17N3O4S/c1-7-11(9(3)18-14-7)5-6-13-20(16,17)12-8(2)15-19-10(12)4/h13H,5-6H2,1-4H3. The molecule has 2 aromatic heterocycles. The molecule has 0 saturated carbocycles. The Morgan fingerprint density at radius 1 is 1.00 bits per heavy atom. The van der Waals surface area contributed by atoms with E-state index < -0.39 is 10.0 Å². The van der Waals surface area contributed by atoms with Crippen molar-refractivity contribution >= 4 is 10.0 Å². The lowest BCUT2D eigenvalue weighted by molar-refractivity contribution is 0.390. The molecule has 2 rings (SSSR count). The molecule has 8 heteroatoms. The molecule has 0 atom stereocenters. The van der Waals surface area contributed by atoms with Crippen molar-refractivity contribution in [2.75, 3.05) is 6.54 Å². The van der Waals surface area contributed by atoms with Gasteiger partial charge in [0.15, 0.2) is 5.76 Å². The van der Waals surface area contributed by atoms with Crippen molar-refractivity contribution in [1.82, 2.24) is 15.0 Å². The Kier molecular flexibility index (Phi) is 3.96. The molecule has 0 amide bonds. The van der Waals surface area contributed by atoms with Crippen LogP contribution in [-0.2, 0) is 16.4 Å². The highest BCUT2D eigenvalue weighted by atomic mass is 32.2. The topological polar surface area (TPSA) is 98.2 Å². The molecule has 0 aliphatic rings. The molecule has 0 spiro atoms. The lowest BCUT2D eigenvalue weighted by Crippen LogP contribution is -2.27. The van der Waals surface area contributed by atoms with Crippen molar-refractivity contribution < 1.29 is 17.5 Å². The summed E-state index contributed by atoms with van der Waals surface area (Å²) in [4.78, 5) is 0.108. The number of aromatic nitrogens is 2. The molecule has 110 valence electrons. The number of nitrogens with one attached hydrogen (secondary N) is 1. The largest absolute Gasteiger partial charge is 0.361 e. The maximum Gasteiger partial charge on any atom is 0.245 e. The molecule has 2 heterocycles. The third-order valence-corrected chi connectivity index (χ3v) is 4.79. The highest BCUT2D eigenvalue weighted by Gasteiger charge is 2.23. The number of nitrogens with zero attached hydrogens (tertiary/aromatic N) is 2. The first-order valence-electron chi connectivity index (χ1n) is 6.17. The molecule has 2 aromatic rings. The Labute approximate surface area is 117 Å². The van der Waals surface area contributed by atoms with Crippen molar-refractivity contribution in [3.8, 4) is 0 Å². The fourth-order valence-corrected chi connectivity index (χ4v) is 3.46. The molecule has 0 fully saturated rings. The summed E-state index contributed by atoms with van der Waals surface area (Å²) in [6, 6.07) is 0. The quantitative estimate of drug-likeness (QED) is 0.896. The molecule has 0 saturated heterocycles. The summed E-state index contributed by atoms with van der Waals surface area (Å²) >= 11 is 0. The van der Waals surface area contributed by atoms with Gasteiger partial charge in [0.05, 0.1) is 5.69 Å². The minimum Gasteiger partial charge on any atom is -0.361 e. The monoisotopic (exact) mass is 299 g/mol. The molecular weight excluding hydrogens is 282 g/mol. The molecule has 0 aliphatic heterocycles. The highest BCUT2D eigenvalue weighted by Crippen LogP contribution is 2.18. The van der Waals surface area contributed by atoms with Gasteiger partial charge in [0.2, 0.25) is 10.0 Å². The maximum absolute atomic E-state index is 12.2. The van der Waals surface area contributed by atoms with Gasteiger partial charge in [-0.15, -0.1) is 0 Å². The molecule has 0 aliphatic carbocycles. The SMILES string of the molecule is Cc1noc(C)c1CCNS(=O)(=O)c1c(C)noc1C. The van der Waals surface area contributed by atoms with E-state index in [1.807, 2.05) is 6.92 Å². The first kappa shape index (κ1) is 14.7. The zero-order valence-electron chi connectivity index (χ0n) is 11.8. The van der Waals surface area contributed by atoms with E-state index in [0.717, 1.165) is 11.3 Å². The van der Waals surface area contributed by atoms with Crippen molar-refractivity contribution in [1.29, 1.82) is 0 Å². The van der Waals surface area contributed by atoms with E-state index >= 15 is 0 Å². The summed E-state index contributed by atoms with van der Waals surface area (Å²) in [5.74, 6) is 0.992. The van der Waals surface area contributed by atoms with E-state index in [9.17, 15) is 8.42 Å². The second-order valence-electron chi connectivity index (χ2n) is 4.60. The van der Waals surface area contributed by atoms with Gasteiger partial charge in [-0.2, -0.15) is 0 Å². The zero-order chi connectivity index (χ0) is 14.9. The van der Waals surface area contributed by atoms with Crippen LogP contribution in [0.15, 0.2) is 13.9 Å². The van der Waals surface area contributed by atoms with Crippen LogP contribution in [0.3, 0.4) is 0 Å². The van der Waals surface area contributed by atoms with Gasteiger partial charge in [-0.25, -0.2) is 13.1 Å². The Hall–Kier alpha value is -1.67. The molecule has 0 aromatic carbocycles. The number of rotatable bonds is 5. The van der Waals surface area contributed by atoms with Crippen molar-refractivity contribution in [3.63, 3.8) is 0 Å². The Morgan fingerprint density at radius 2 is 1.60 bits per heavy atom.